The summed E-state index contributed by atoms with van der Waals surface area (Å²) in [5, 5.41) is 5.03. The Kier molecular flexibility index (Phi) is 6.26. The van der Waals surface area contributed by atoms with Crippen molar-refractivity contribution in [3.8, 4) is 5.75 Å². The van der Waals surface area contributed by atoms with Gasteiger partial charge in [-0.1, -0.05) is 38.6 Å². The largest absolute Gasteiger partial charge is 0.495 e. The number of benzene rings is 1. The zero-order valence-corrected chi connectivity index (χ0v) is 20.4. The highest BCUT2D eigenvalue weighted by molar-refractivity contribution is 8.00. The van der Waals surface area contributed by atoms with Crippen molar-refractivity contribution < 1.29 is 9.53 Å². The normalized spacial score (nSPS) is 16.2. The minimum atomic E-state index is -0.0717. The van der Waals surface area contributed by atoms with Crippen LogP contribution in [0.2, 0.25) is 0 Å². The molecule has 0 bridgehead atoms. The van der Waals surface area contributed by atoms with Crippen LogP contribution in [-0.4, -0.2) is 28.7 Å². The molecule has 2 heterocycles. The molecule has 5 nitrogen and oxygen atoms in total. The molecule has 0 aliphatic heterocycles. The fraction of sp³-hybridized carbons (Fsp3) is 0.458. The Hall–Kier alpha value is -2.12. The second-order valence-electron chi connectivity index (χ2n) is 9.21. The van der Waals surface area contributed by atoms with Crippen LogP contribution in [0.1, 0.15) is 43.2 Å². The SMILES string of the molecule is COc1ccc(C)cc1NC(=O)CSc1ncnc2sc3c(c12)CC[C@@H](C(C)(C)C)C3. The molecule has 1 aliphatic rings. The molecule has 31 heavy (non-hydrogen) atoms. The summed E-state index contributed by atoms with van der Waals surface area (Å²) in [6, 6.07) is 5.75. The van der Waals surface area contributed by atoms with Gasteiger partial charge >= 0.3 is 0 Å². The summed E-state index contributed by atoms with van der Waals surface area (Å²) in [4.78, 5) is 24.2. The molecule has 0 unspecified atom stereocenters. The van der Waals surface area contributed by atoms with E-state index in [4.69, 9.17) is 4.74 Å². The molecule has 1 aromatic carbocycles. The lowest BCUT2D eigenvalue weighted by Gasteiger charge is -2.33. The van der Waals surface area contributed by atoms with Gasteiger partial charge in [0.15, 0.2) is 0 Å². The molecule has 0 saturated heterocycles. The zero-order valence-electron chi connectivity index (χ0n) is 18.7. The lowest BCUT2D eigenvalue weighted by Crippen LogP contribution is -2.26. The van der Waals surface area contributed by atoms with Crippen molar-refractivity contribution in [3.05, 3.63) is 40.5 Å². The summed E-state index contributed by atoms with van der Waals surface area (Å²) in [6.45, 7) is 8.99. The van der Waals surface area contributed by atoms with Crippen LogP contribution in [0.15, 0.2) is 29.6 Å². The first-order valence-corrected chi connectivity index (χ1v) is 12.4. The van der Waals surface area contributed by atoms with Crippen molar-refractivity contribution in [2.75, 3.05) is 18.2 Å². The van der Waals surface area contributed by atoms with E-state index in [2.05, 4.69) is 36.1 Å². The summed E-state index contributed by atoms with van der Waals surface area (Å²) in [7, 11) is 1.61. The van der Waals surface area contributed by atoms with Gasteiger partial charge in [0, 0.05) is 10.3 Å². The van der Waals surface area contributed by atoms with Crippen LogP contribution < -0.4 is 10.1 Å². The van der Waals surface area contributed by atoms with Gasteiger partial charge in [0.1, 0.15) is 21.9 Å². The van der Waals surface area contributed by atoms with Gasteiger partial charge < -0.3 is 10.1 Å². The van der Waals surface area contributed by atoms with Gasteiger partial charge in [-0.15, -0.1) is 11.3 Å². The first kappa shape index (κ1) is 22.1. The van der Waals surface area contributed by atoms with Crippen LogP contribution in [-0.2, 0) is 17.6 Å². The fourth-order valence-corrected chi connectivity index (χ4v) is 6.33. The molecule has 164 valence electrons. The number of amides is 1. The molecule has 3 aromatic rings. The lowest BCUT2D eigenvalue weighted by molar-refractivity contribution is -0.113. The minimum Gasteiger partial charge on any atom is -0.495 e. The highest BCUT2D eigenvalue weighted by atomic mass is 32.2. The number of rotatable bonds is 5. The summed E-state index contributed by atoms with van der Waals surface area (Å²) in [5.74, 6) is 1.57. The van der Waals surface area contributed by atoms with E-state index < -0.39 is 0 Å². The number of ether oxygens (including phenoxy) is 1. The molecule has 1 N–H and O–H groups in total. The number of aryl methyl sites for hydroxylation is 2. The molecule has 0 saturated carbocycles. The predicted molar refractivity (Wildman–Crippen MR) is 129 cm³/mol. The molecule has 2 aromatic heterocycles. The van der Waals surface area contributed by atoms with E-state index in [0.29, 0.717) is 28.5 Å². The number of fused-ring (bicyclic) bond motifs is 3. The van der Waals surface area contributed by atoms with Gasteiger partial charge in [-0.3, -0.25) is 4.79 Å². The van der Waals surface area contributed by atoms with Crippen LogP contribution in [0.3, 0.4) is 0 Å². The number of hydrogen-bond donors (Lipinski definition) is 1. The second-order valence-corrected chi connectivity index (χ2v) is 11.3. The Bertz CT molecular complexity index is 1120. The predicted octanol–water partition coefficient (Wildman–Crippen LogP) is 5.89. The number of aromatic nitrogens is 2. The Morgan fingerprint density at radius 3 is 2.87 bits per heavy atom. The molecule has 7 heteroatoms. The standard InChI is InChI=1S/C24H29N3O2S2/c1-14-6-9-18(29-5)17(10-14)27-20(28)12-30-22-21-16-8-7-15(24(2,3)4)11-19(16)31-23(21)26-13-25-22/h6,9-10,13,15H,7-8,11-12H2,1-5H3,(H,27,28)/t15-/m1/s1. The lowest BCUT2D eigenvalue weighted by atomic mass is 9.72. The van der Waals surface area contributed by atoms with E-state index in [-0.39, 0.29) is 5.91 Å². The second kappa shape index (κ2) is 8.79. The molecule has 1 atom stereocenters. The molecular weight excluding hydrogens is 426 g/mol. The summed E-state index contributed by atoms with van der Waals surface area (Å²) in [6.07, 6.45) is 4.98. The zero-order chi connectivity index (χ0) is 22.2. The Labute approximate surface area is 192 Å². The van der Waals surface area contributed by atoms with Crippen LogP contribution in [0.4, 0.5) is 5.69 Å². The van der Waals surface area contributed by atoms with Crippen molar-refractivity contribution in [2.45, 2.75) is 52.0 Å². The van der Waals surface area contributed by atoms with E-state index in [0.717, 1.165) is 33.6 Å². The number of carbonyl (C=O) groups excluding carboxylic acids is 1. The van der Waals surface area contributed by atoms with Crippen LogP contribution >= 0.6 is 23.1 Å². The number of methoxy groups -OCH3 is 1. The maximum absolute atomic E-state index is 12.7. The number of anilines is 1. The average molecular weight is 456 g/mol. The molecular formula is C24H29N3O2S2. The third-order valence-corrected chi connectivity index (χ3v) is 8.16. The third kappa shape index (κ3) is 4.72. The van der Waals surface area contributed by atoms with Gasteiger partial charge in [-0.25, -0.2) is 9.97 Å². The highest BCUT2D eigenvalue weighted by Gasteiger charge is 2.31. The summed E-state index contributed by atoms with van der Waals surface area (Å²) in [5.41, 5.74) is 3.47. The van der Waals surface area contributed by atoms with Gasteiger partial charge in [0.25, 0.3) is 0 Å². The van der Waals surface area contributed by atoms with Crippen LogP contribution in [0, 0.1) is 18.3 Å². The van der Waals surface area contributed by atoms with Crippen molar-refractivity contribution in [2.24, 2.45) is 11.3 Å². The van der Waals surface area contributed by atoms with Gasteiger partial charge in [0.2, 0.25) is 5.91 Å². The topological polar surface area (TPSA) is 64.1 Å². The third-order valence-electron chi connectivity index (χ3n) is 6.00. The quantitative estimate of drug-likeness (QED) is 0.384. The molecule has 0 fully saturated rings. The number of nitrogens with zero attached hydrogens (tertiary/aromatic N) is 2. The summed E-state index contributed by atoms with van der Waals surface area (Å²) >= 11 is 3.28. The minimum absolute atomic E-state index is 0.0717. The number of thioether (sulfide) groups is 1. The Balaban J connectivity index is 1.52. The monoisotopic (exact) mass is 455 g/mol. The van der Waals surface area contributed by atoms with Crippen molar-refractivity contribution >= 4 is 44.9 Å². The van der Waals surface area contributed by atoms with Crippen molar-refractivity contribution in [3.63, 3.8) is 0 Å². The fourth-order valence-electron chi connectivity index (χ4n) is 4.17. The maximum atomic E-state index is 12.7. The van der Waals surface area contributed by atoms with E-state index in [1.54, 1.807) is 24.8 Å². The Morgan fingerprint density at radius 1 is 1.32 bits per heavy atom. The highest BCUT2D eigenvalue weighted by Crippen LogP contribution is 2.44. The van der Waals surface area contributed by atoms with Gasteiger partial charge in [0.05, 0.1) is 18.6 Å². The van der Waals surface area contributed by atoms with Gasteiger partial charge in [-0.2, -0.15) is 0 Å². The van der Waals surface area contributed by atoms with E-state index in [9.17, 15) is 4.79 Å². The number of thiophene rings is 1. The first-order chi connectivity index (χ1) is 14.8. The first-order valence-electron chi connectivity index (χ1n) is 10.6. The Morgan fingerprint density at radius 2 is 2.13 bits per heavy atom. The maximum Gasteiger partial charge on any atom is 0.234 e. The number of nitrogens with one attached hydrogen (secondary N) is 1. The molecule has 4 rings (SSSR count). The van der Waals surface area contributed by atoms with E-state index in [1.165, 1.54) is 28.6 Å². The van der Waals surface area contributed by atoms with Crippen LogP contribution in [0.5, 0.6) is 5.75 Å². The van der Waals surface area contributed by atoms with Crippen molar-refractivity contribution in [1.29, 1.82) is 0 Å². The van der Waals surface area contributed by atoms with E-state index in [1.807, 2.05) is 25.1 Å². The molecule has 0 spiro atoms. The number of carbonyl (C=O) groups is 1. The smallest absolute Gasteiger partial charge is 0.234 e. The van der Waals surface area contributed by atoms with Crippen LogP contribution in [0.25, 0.3) is 10.2 Å². The summed E-state index contributed by atoms with van der Waals surface area (Å²) < 4.78 is 5.37. The average Bonchev–Trinajstić information content (AvgIpc) is 3.10. The number of hydrogen-bond acceptors (Lipinski definition) is 6. The van der Waals surface area contributed by atoms with Crippen molar-refractivity contribution in [1.82, 2.24) is 9.97 Å². The molecule has 1 aliphatic carbocycles. The molecule has 0 radical (unpaired) electrons. The molecule has 1 amide bonds. The van der Waals surface area contributed by atoms with Gasteiger partial charge in [-0.05, 0) is 60.8 Å². The van der Waals surface area contributed by atoms with E-state index >= 15 is 0 Å².